The van der Waals surface area contributed by atoms with Gasteiger partial charge in [0.15, 0.2) is 0 Å². The predicted octanol–water partition coefficient (Wildman–Crippen LogP) is 2.76. The molecule has 1 aromatic carbocycles. The molecule has 0 radical (unpaired) electrons. The zero-order valence-corrected chi connectivity index (χ0v) is 10.3. The lowest BCUT2D eigenvalue weighted by atomic mass is 10.1. The van der Waals surface area contributed by atoms with Crippen LogP contribution in [0.15, 0.2) is 18.2 Å². The van der Waals surface area contributed by atoms with Crippen LogP contribution in [0.3, 0.4) is 0 Å². The van der Waals surface area contributed by atoms with E-state index in [0.717, 1.165) is 6.54 Å². The Bertz CT molecular complexity index is 344. The van der Waals surface area contributed by atoms with E-state index in [9.17, 15) is 9.50 Å². The summed E-state index contributed by atoms with van der Waals surface area (Å²) in [5.41, 5.74) is 0.540. The van der Waals surface area contributed by atoms with Gasteiger partial charge in [0.25, 0.3) is 0 Å². The van der Waals surface area contributed by atoms with Crippen LogP contribution < -0.4 is 5.32 Å². The highest BCUT2D eigenvalue weighted by Crippen LogP contribution is 2.19. The third kappa shape index (κ3) is 4.08. The molecule has 0 fully saturated rings. The molecular formula is C12H17ClFNO. The van der Waals surface area contributed by atoms with Gasteiger partial charge in [0.2, 0.25) is 0 Å². The summed E-state index contributed by atoms with van der Waals surface area (Å²) in [7, 11) is 0. The average molecular weight is 246 g/mol. The summed E-state index contributed by atoms with van der Waals surface area (Å²) in [6, 6.07) is 4.36. The Morgan fingerprint density at radius 1 is 1.38 bits per heavy atom. The summed E-state index contributed by atoms with van der Waals surface area (Å²) in [5.74, 6) is 0.0243. The fraction of sp³-hybridized carbons (Fsp3) is 0.500. The van der Waals surface area contributed by atoms with Crippen molar-refractivity contribution in [3.63, 3.8) is 0 Å². The second kappa shape index (κ2) is 6.18. The lowest BCUT2D eigenvalue weighted by Gasteiger charge is -2.13. The number of nitrogens with one attached hydrogen (secondary N) is 1. The molecule has 0 heterocycles. The molecule has 1 rings (SSSR count). The molecule has 16 heavy (non-hydrogen) atoms. The fourth-order valence-corrected chi connectivity index (χ4v) is 1.46. The molecule has 1 unspecified atom stereocenters. The van der Waals surface area contributed by atoms with Crippen LogP contribution in [0, 0.1) is 11.7 Å². The smallest absolute Gasteiger partial charge is 0.142 e. The topological polar surface area (TPSA) is 32.3 Å². The SMILES string of the molecule is CC(C)CNCC(O)c1ccc(Cl)c(F)c1. The number of aliphatic hydroxyl groups is 1. The van der Waals surface area contributed by atoms with E-state index in [0.29, 0.717) is 18.0 Å². The molecule has 4 heteroatoms. The Labute approximate surface area is 100 Å². The van der Waals surface area contributed by atoms with E-state index in [4.69, 9.17) is 11.6 Å². The molecule has 0 spiro atoms. The van der Waals surface area contributed by atoms with Crippen LogP contribution in [0.5, 0.6) is 0 Å². The number of benzene rings is 1. The molecule has 0 amide bonds. The van der Waals surface area contributed by atoms with Crippen LogP contribution in [-0.2, 0) is 0 Å². The van der Waals surface area contributed by atoms with Crippen LogP contribution in [0.4, 0.5) is 4.39 Å². The predicted molar refractivity (Wildman–Crippen MR) is 64.1 cm³/mol. The van der Waals surface area contributed by atoms with E-state index < -0.39 is 11.9 Å². The largest absolute Gasteiger partial charge is 0.387 e. The van der Waals surface area contributed by atoms with Gasteiger partial charge in [0.05, 0.1) is 11.1 Å². The maximum Gasteiger partial charge on any atom is 0.142 e. The maximum atomic E-state index is 13.1. The minimum Gasteiger partial charge on any atom is -0.387 e. The van der Waals surface area contributed by atoms with E-state index in [1.165, 1.54) is 12.1 Å². The van der Waals surface area contributed by atoms with E-state index in [-0.39, 0.29) is 5.02 Å². The van der Waals surface area contributed by atoms with Gasteiger partial charge in [-0.3, -0.25) is 0 Å². The fourth-order valence-electron chi connectivity index (χ4n) is 1.35. The number of hydrogen-bond donors (Lipinski definition) is 2. The monoisotopic (exact) mass is 245 g/mol. The quantitative estimate of drug-likeness (QED) is 0.836. The minimum absolute atomic E-state index is 0.0751. The summed E-state index contributed by atoms with van der Waals surface area (Å²) in [6.45, 7) is 5.41. The van der Waals surface area contributed by atoms with Gasteiger partial charge >= 0.3 is 0 Å². The van der Waals surface area contributed by atoms with E-state index in [1.54, 1.807) is 6.07 Å². The molecule has 2 nitrogen and oxygen atoms in total. The molecular weight excluding hydrogens is 229 g/mol. The van der Waals surface area contributed by atoms with Gasteiger partial charge in [-0.2, -0.15) is 0 Å². The van der Waals surface area contributed by atoms with Gasteiger partial charge in [0.1, 0.15) is 5.82 Å². The van der Waals surface area contributed by atoms with Gasteiger partial charge < -0.3 is 10.4 Å². The highest BCUT2D eigenvalue weighted by atomic mass is 35.5. The van der Waals surface area contributed by atoms with Crippen molar-refractivity contribution in [1.29, 1.82) is 0 Å². The van der Waals surface area contributed by atoms with Crippen molar-refractivity contribution >= 4 is 11.6 Å². The van der Waals surface area contributed by atoms with Gasteiger partial charge in [-0.1, -0.05) is 31.5 Å². The average Bonchev–Trinajstić information content (AvgIpc) is 2.21. The van der Waals surface area contributed by atoms with Crippen LogP contribution in [0.1, 0.15) is 25.5 Å². The Kier molecular flexibility index (Phi) is 5.19. The summed E-state index contributed by atoms with van der Waals surface area (Å²) in [5, 5.41) is 13.0. The number of hydrogen-bond acceptors (Lipinski definition) is 2. The van der Waals surface area contributed by atoms with Crippen molar-refractivity contribution in [1.82, 2.24) is 5.32 Å². The molecule has 0 aliphatic heterocycles. The second-order valence-corrected chi connectivity index (χ2v) is 4.65. The zero-order chi connectivity index (χ0) is 12.1. The molecule has 0 bridgehead atoms. The van der Waals surface area contributed by atoms with E-state index in [1.807, 2.05) is 0 Å². The van der Waals surface area contributed by atoms with Gasteiger partial charge in [-0.25, -0.2) is 4.39 Å². The highest BCUT2D eigenvalue weighted by molar-refractivity contribution is 6.30. The van der Waals surface area contributed by atoms with Crippen molar-refractivity contribution in [2.45, 2.75) is 20.0 Å². The Hall–Kier alpha value is -0.640. The van der Waals surface area contributed by atoms with Crippen LogP contribution in [-0.4, -0.2) is 18.2 Å². The van der Waals surface area contributed by atoms with Crippen molar-refractivity contribution in [3.8, 4) is 0 Å². The summed E-state index contributed by atoms with van der Waals surface area (Å²) >= 11 is 5.56. The first-order valence-electron chi connectivity index (χ1n) is 5.34. The minimum atomic E-state index is -0.703. The first-order chi connectivity index (χ1) is 7.50. The van der Waals surface area contributed by atoms with Crippen LogP contribution in [0.25, 0.3) is 0 Å². The van der Waals surface area contributed by atoms with E-state index in [2.05, 4.69) is 19.2 Å². The van der Waals surface area contributed by atoms with Crippen molar-refractivity contribution in [2.75, 3.05) is 13.1 Å². The Morgan fingerprint density at radius 3 is 2.62 bits per heavy atom. The molecule has 0 aliphatic carbocycles. The molecule has 0 saturated carbocycles. The maximum absolute atomic E-state index is 13.1. The standard InChI is InChI=1S/C12H17ClFNO/c1-8(2)6-15-7-12(16)9-3-4-10(13)11(14)5-9/h3-5,8,12,15-16H,6-7H2,1-2H3. The summed E-state index contributed by atoms with van der Waals surface area (Å²) in [4.78, 5) is 0. The van der Waals surface area contributed by atoms with E-state index >= 15 is 0 Å². The number of halogens is 2. The van der Waals surface area contributed by atoms with Crippen molar-refractivity contribution in [2.24, 2.45) is 5.92 Å². The Balaban J connectivity index is 2.52. The van der Waals surface area contributed by atoms with Crippen molar-refractivity contribution in [3.05, 3.63) is 34.6 Å². The highest BCUT2D eigenvalue weighted by Gasteiger charge is 2.09. The molecule has 0 aromatic heterocycles. The molecule has 1 atom stereocenters. The van der Waals surface area contributed by atoms with Crippen LogP contribution >= 0.6 is 11.6 Å². The van der Waals surface area contributed by atoms with Gasteiger partial charge in [0, 0.05) is 6.54 Å². The summed E-state index contributed by atoms with van der Waals surface area (Å²) in [6.07, 6.45) is -0.703. The Morgan fingerprint density at radius 2 is 2.06 bits per heavy atom. The van der Waals surface area contributed by atoms with Crippen molar-refractivity contribution < 1.29 is 9.50 Å². The number of rotatable bonds is 5. The first kappa shape index (κ1) is 13.4. The van der Waals surface area contributed by atoms with Gasteiger partial charge in [-0.15, -0.1) is 0 Å². The molecule has 0 aliphatic rings. The summed E-state index contributed by atoms with van der Waals surface area (Å²) < 4.78 is 13.1. The third-order valence-corrected chi connectivity index (χ3v) is 2.53. The molecule has 0 saturated heterocycles. The zero-order valence-electron chi connectivity index (χ0n) is 9.50. The second-order valence-electron chi connectivity index (χ2n) is 4.24. The van der Waals surface area contributed by atoms with Gasteiger partial charge in [-0.05, 0) is 30.2 Å². The normalized spacial score (nSPS) is 13.1. The number of aliphatic hydroxyl groups excluding tert-OH is 1. The lowest BCUT2D eigenvalue weighted by Crippen LogP contribution is -2.25. The first-order valence-corrected chi connectivity index (χ1v) is 5.72. The van der Waals surface area contributed by atoms with Crippen LogP contribution in [0.2, 0.25) is 5.02 Å². The molecule has 90 valence electrons. The lowest BCUT2D eigenvalue weighted by molar-refractivity contribution is 0.173. The molecule has 2 N–H and O–H groups in total. The molecule has 1 aromatic rings. The third-order valence-electron chi connectivity index (χ3n) is 2.22.